The minimum absolute atomic E-state index is 0.0764. The Hall–Kier alpha value is -5.59. The number of aromatic amines is 2. The average Bonchev–Trinajstić information content (AvgIpc) is 4.06. The van der Waals surface area contributed by atoms with Crippen LogP contribution in [0, 0.1) is 11.8 Å². The van der Waals surface area contributed by atoms with Crippen molar-refractivity contribution in [3.8, 4) is 33.5 Å². The van der Waals surface area contributed by atoms with E-state index in [0.717, 1.165) is 85.3 Å². The fraction of sp³-hybridized carbons (Fsp3) is 0.489. The molecule has 2 aromatic heterocycles. The number of aryl methyl sites for hydroxylation is 2. The number of fused-ring (bicyclic) bond motifs is 3. The van der Waals surface area contributed by atoms with E-state index in [2.05, 4.69) is 69.1 Å². The van der Waals surface area contributed by atoms with Crippen molar-refractivity contribution in [1.29, 1.82) is 0 Å². The van der Waals surface area contributed by atoms with Crippen molar-refractivity contribution in [2.45, 2.75) is 103 Å². The van der Waals surface area contributed by atoms with Gasteiger partial charge in [0.2, 0.25) is 11.8 Å². The van der Waals surface area contributed by atoms with Crippen LogP contribution in [0.5, 0.6) is 0 Å². The lowest BCUT2D eigenvalue weighted by Gasteiger charge is -2.30. The molecule has 0 radical (unpaired) electrons. The van der Waals surface area contributed by atoms with Gasteiger partial charge in [0.1, 0.15) is 17.9 Å². The Morgan fingerprint density at radius 1 is 0.690 bits per heavy atom. The van der Waals surface area contributed by atoms with Crippen LogP contribution >= 0.6 is 0 Å². The highest BCUT2D eigenvalue weighted by Gasteiger charge is 2.39. The molecule has 308 valence electrons. The first-order valence-electron chi connectivity index (χ1n) is 20.8. The molecule has 2 saturated heterocycles. The number of imidazole rings is 1. The normalized spacial score (nSPS) is 18.9. The number of H-pyrrole nitrogens is 2. The lowest BCUT2D eigenvalue weighted by atomic mass is 9.89. The molecule has 2 fully saturated rings. The number of rotatable bonds is 10. The molecule has 4 atom stereocenters. The van der Waals surface area contributed by atoms with Gasteiger partial charge in [-0.05, 0) is 97.1 Å². The molecule has 4 amide bonds. The maximum absolute atomic E-state index is 13.8. The summed E-state index contributed by atoms with van der Waals surface area (Å²) in [7, 11) is 2.61. The van der Waals surface area contributed by atoms with Gasteiger partial charge in [0, 0.05) is 30.0 Å². The molecule has 2 aromatic carbocycles. The number of nitrogens with zero attached hydrogens (tertiary/aromatic N) is 3. The molecule has 4 aromatic rings. The van der Waals surface area contributed by atoms with E-state index in [0.29, 0.717) is 13.1 Å². The number of amides is 4. The third-order valence-electron chi connectivity index (χ3n) is 12.1. The minimum atomic E-state index is -0.683. The van der Waals surface area contributed by atoms with Gasteiger partial charge < -0.3 is 39.9 Å². The van der Waals surface area contributed by atoms with Crippen LogP contribution in [0.2, 0.25) is 0 Å². The maximum atomic E-state index is 13.8. The largest absolute Gasteiger partial charge is 0.453 e. The smallest absolute Gasteiger partial charge is 0.407 e. The van der Waals surface area contributed by atoms with Crippen LogP contribution in [-0.2, 0) is 31.9 Å². The lowest BCUT2D eigenvalue weighted by Crippen LogP contribution is -2.51. The second-order valence-electron chi connectivity index (χ2n) is 16.5. The minimum Gasteiger partial charge on any atom is -0.453 e. The molecule has 0 spiro atoms. The number of aromatic nitrogens is 3. The van der Waals surface area contributed by atoms with Gasteiger partial charge in [-0.2, -0.15) is 0 Å². The summed E-state index contributed by atoms with van der Waals surface area (Å²) in [5.41, 5.74) is 10.2. The van der Waals surface area contributed by atoms with Crippen LogP contribution in [0.25, 0.3) is 33.5 Å². The van der Waals surface area contributed by atoms with Gasteiger partial charge in [-0.15, -0.1) is 0 Å². The van der Waals surface area contributed by atoms with Crippen molar-refractivity contribution < 1.29 is 28.7 Å². The molecule has 13 heteroatoms. The molecule has 0 bridgehead atoms. The van der Waals surface area contributed by atoms with Crippen LogP contribution in [-0.4, -0.2) is 88.1 Å². The first-order chi connectivity index (χ1) is 28.0. The van der Waals surface area contributed by atoms with E-state index < -0.39 is 24.3 Å². The van der Waals surface area contributed by atoms with E-state index in [-0.39, 0.29) is 35.7 Å². The number of alkyl carbamates (subject to hydrolysis) is 2. The zero-order valence-electron chi connectivity index (χ0n) is 34.5. The fourth-order valence-corrected chi connectivity index (χ4v) is 8.92. The molecular weight excluding hydrogens is 735 g/mol. The highest BCUT2D eigenvalue weighted by molar-refractivity contribution is 5.87. The predicted octanol–water partition coefficient (Wildman–Crippen LogP) is 7.71. The first kappa shape index (κ1) is 40.6. The van der Waals surface area contributed by atoms with Crippen molar-refractivity contribution >= 4 is 24.0 Å². The second kappa shape index (κ2) is 17.5. The molecule has 0 saturated carbocycles. The summed E-state index contributed by atoms with van der Waals surface area (Å²) in [6, 6.07) is 15.9. The van der Waals surface area contributed by atoms with Crippen LogP contribution in [0.4, 0.5) is 9.59 Å². The first-order valence-corrected chi connectivity index (χ1v) is 20.8. The summed E-state index contributed by atoms with van der Waals surface area (Å²) < 4.78 is 9.60. The zero-order valence-corrected chi connectivity index (χ0v) is 34.5. The van der Waals surface area contributed by atoms with Gasteiger partial charge >= 0.3 is 12.2 Å². The topological polar surface area (TPSA) is 162 Å². The number of ether oxygens (including phenoxy) is 2. The summed E-state index contributed by atoms with van der Waals surface area (Å²) in [5.74, 6) is 0.348. The van der Waals surface area contributed by atoms with E-state index in [4.69, 9.17) is 14.5 Å². The maximum Gasteiger partial charge on any atom is 0.407 e. The Bertz CT molecular complexity index is 2120. The number of nitrogens with one attached hydrogen (secondary N) is 4. The predicted molar refractivity (Wildman–Crippen MR) is 222 cm³/mol. The molecule has 0 unspecified atom stereocenters. The Labute approximate surface area is 340 Å². The van der Waals surface area contributed by atoms with Crippen molar-refractivity contribution in [3.05, 3.63) is 77.5 Å². The van der Waals surface area contributed by atoms with Gasteiger partial charge in [0.05, 0.1) is 38.2 Å². The van der Waals surface area contributed by atoms with E-state index in [9.17, 15) is 19.2 Å². The van der Waals surface area contributed by atoms with E-state index in [1.165, 1.54) is 36.6 Å². The summed E-state index contributed by atoms with van der Waals surface area (Å²) in [6.07, 6.45) is 8.11. The van der Waals surface area contributed by atoms with E-state index in [1.54, 1.807) is 0 Å². The number of benzene rings is 2. The van der Waals surface area contributed by atoms with Crippen LogP contribution < -0.4 is 10.6 Å². The van der Waals surface area contributed by atoms with E-state index >= 15 is 0 Å². The molecule has 7 rings (SSSR count). The van der Waals surface area contributed by atoms with Crippen molar-refractivity contribution in [1.82, 2.24) is 35.4 Å². The Morgan fingerprint density at radius 2 is 1.26 bits per heavy atom. The number of carbonyl (C=O) groups excluding carboxylic acids is 4. The molecule has 3 aliphatic rings. The number of hydrogen-bond donors (Lipinski definition) is 4. The average molecular weight is 792 g/mol. The van der Waals surface area contributed by atoms with Crippen molar-refractivity contribution in [2.75, 3.05) is 27.3 Å². The highest BCUT2D eigenvalue weighted by Crippen LogP contribution is 2.40. The van der Waals surface area contributed by atoms with Gasteiger partial charge in [-0.25, -0.2) is 14.6 Å². The molecule has 13 nitrogen and oxygen atoms in total. The van der Waals surface area contributed by atoms with Crippen LogP contribution in [0.15, 0.2) is 54.7 Å². The Morgan fingerprint density at radius 3 is 1.88 bits per heavy atom. The van der Waals surface area contributed by atoms with E-state index in [1.807, 2.05) is 43.7 Å². The standard InChI is InChI=1S/C45H57N7O6/c1-26(2)39(49-44(55)57-5)42(53)51-21-9-13-37(51)35-24-33-32-20-19-30(23-31(32)11-7-8-12-34(33)47-35)28-15-17-29(18-16-28)36-25-46-41(48-36)38-14-10-22-52(38)43(54)40(27(3)4)50-45(56)58-6/h15-20,23-27,37-40,47H,7-14,21-22H2,1-6H3,(H,46,48)(H,49,55)(H,50,56)/t37-,38-,39-,40-/m0/s1. The second-order valence-corrected chi connectivity index (χ2v) is 16.5. The summed E-state index contributed by atoms with van der Waals surface area (Å²) in [6.45, 7) is 8.94. The molecule has 2 aliphatic heterocycles. The van der Waals surface area contributed by atoms with Gasteiger partial charge in [0.15, 0.2) is 0 Å². The van der Waals surface area contributed by atoms with Gasteiger partial charge in [0.25, 0.3) is 0 Å². The molecular formula is C45H57N7O6. The molecule has 1 aliphatic carbocycles. The molecule has 58 heavy (non-hydrogen) atoms. The Kier molecular flexibility index (Phi) is 12.2. The lowest BCUT2D eigenvalue weighted by molar-refractivity contribution is -0.136. The summed E-state index contributed by atoms with van der Waals surface area (Å²) >= 11 is 0. The van der Waals surface area contributed by atoms with Crippen LogP contribution in [0.3, 0.4) is 0 Å². The summed E-state index contributed by atoms with van der Waals surface area (Å²) in [5, 5.41) is 5.47. The number of likely N-dealkylation sites (tertiary alicyclic amines) is 2. The van der Waals surface area contributed by atoms with Crippen LogP contribution in [0.1, 0.15) is 101 Å². The van der Waals surface area contributed by atoms with Gasteiger partial charge in [-0.1, -0.05) is 70.2 Å². The summed E-state index contributed by atoms with van der Waals surface area (Å²) in [4.78, 5) is 67.2. The quantitative estimate of drug-likeness (QED) is 0.128. The Balaban J connectivity index is 1.08. The third-order valence-corrected chi connectivity index (χ3v) is 12.1. The van der Waals surface area contributed by atoms with Crippen molar-refractivity contribution in [2.24, 2.45) is 11.8 Å². The third kappa shape index (κ3) is 8.35. The SMILES string of the molecule is COC(=O)N[C@H](C(=O)N1CCC[C@H]1c1cc2c([nH]1)CCCCc1cc(-c3ccc(-c4cnc([C@@H]5CCCN5C(=O)[C@@H](NC(=O)OC)C(C)C)[nH]4)cc3)ccc1-2)C(C)C. The number of methoxy groups -OCH3 is 2. The fourth-order valence-electron chi connectivity index (χ4n) is 8.92. The highest BCUT2D eigenvalue weighted by atomic mass is 16.5. The monoisotopic (exact) mass is 791 g/mol. The molecule has 4 heterocycles. The van der Waals surface area contributed by atoms with Crippen molar-refractivity contribution in [3.63, 3.8) is 0 Å². The zero-order chi connectivity index (χ0) is 41.1. The number of hydrogen-bond acceptors (Lipinski definition) is 7. The van der Waals surface area contributed by atoms with Gasteiger partial charge in [-0.3, -0.25) is 9.59 Å². The molecule has 4 N–H and O–H groups in total. The number of carbonyl (C=O) groups is 4.